The van der Waals surface area contributed by atoms with Crippen LogP contribution in [0.5, 0.6) is 5.75 Å². The fourth-order valence-corrected chi connectivity index (χ4v) is 4.44. The number of methoxy groups -OCH3 is 1. The second kappa shape index (κ2) is 8.00. The van der Waals surface area contributed by atoms with Crippen molar-refractivity contribution in [3.63, 3.8) is 0 Å². The number of benzene rings is 3. The molecule has 1 amide bonds. The van der Waals surface area contributed by atoms with Crippen LogP contribution in [0.15, 0.2) is 65.6 Å². The molecule has 0 aliphatic heterocycles. The molecule has 0 spiro atoms. The first kappa shape index (κ1) is 19.9. The van der Waals surface area contributed by atoms with Gasteiger partial charge in [0.25, 0.3) is 0 Å². The second-order valence-corrected chi connectivity index (χ2v) is 8.18. The monoisotopic (exact) mass is 398 g/mol. The van der Waals surface area contributed by atoms with Crippen LogP contribution in [-0.4, -0.2) is 21.4 Å². The van der Waals surface area contributed by atoms with E-state index in [2.05, 4.69) is 10.0 Å². The Kier molecular flexibility index (Phi) is 5.67. The number of fused-ring (bicyclic) bond motifs is 1. The molecule has 7 heteroatoms. The van der Waals surface area contributed by atoms with Crippen molar-refractivity contribution in [1.29, 1.82) is 0 Å². The highest BCUT2D eigenvalue weighted by Gasteiger charge is 2.23. The Morgan fingerprint density at radius 1 is 1.00 bits per heavy atom. The van der Waals surface area contributed by atoms with Crippen molar-refractivity contribution in [1.82, 2.24) is 4.72 Å². The Labute approximate surface area is 164 Å². The molecule has 0 heterocycles. The summed E-state index contributed by atoms with van der Waals surface area (Å²) in [6.07, 6.45) is 0. The number of amides is 1. The Bertz CT molecular complexity index is 1130. The van der Waals surface area contributed by atoms with Gasteiger partial charge in [0.1, 0.15) is 10.6 Å². The minimum Gasteiger partial charge on any atom is -0.495 e. The fraction of sp³-hybridized carbons (Fsp3) is 0.190. The van der Waals surface area contributed by atoms with Crippen molar-refractivity contribution in [2.45, 2.75) is 24.8 Å². The molecule has 3 aromatic rings. The second-order valence-electron chi connectivity index (χ2n) is 6.50. The van der Waals surface area contributed by atoms with Gasteiger partial charge in [0, 0.05) is 18.7 Å². The molecule has 0 fully saturated rings. The van der Waals surface area contributed by atoms with Gasteiger partial charge in [-0.25, -0.2) is 13.1 Å². The maximum absolute atomic E-state index is 13.0. The lowest BCUT2D eigenvalue weighted by Gasteiger charge is -2.17. The van der Waals surface area contributed by atoms with Crippen molar-refractivity contribution in [3.8, 4) is 5.75 Å². The number of hydrogen-bond donors (Lipinski definition) is 2. The molecule has 146 valence electrons. The van der Waals surface area contributed by atoms with E-state index in [4.69, 9.17) is 4.74 Å². The van der Waals surface area contributed by atoms with E-state index in [9.17, 15) is 13.2 Å². The minimum atomic E-state index is -3.89. The summed E-state index contributed by atoms with van der Waals surface area (Å²) in [5.74, 6) is -0.0849. The average Bonchev–Trinajstić information content (AvgIpc) is 2.66. The van der Waals surface area contributed by atoms with Crippen molar-refractivity contribution in [2.75, 3.05) is 12.4 Å². The molecule has 2 N–H and O–H groups in total. The van der Waals surface area contributed by atoms with E-state index in [1.54, 1.807) is 13.0 Å². The first-order valence-corrected chi connectivity index (χ1v) is 10.2. The number of hydrogen-bond acceptors (Lipinski definition) is 4. The van der Waals surface area contributed by atoms with Gasteiger partial charge in [-0.15, -0.1) is 0 Å². The van der Waals surface area contributed by atoms with Gasteiger partial charge in [-0.2, -0.15) is 0 Å². The zero-order valence-electron chi connectivity index (χ0n) is 15.9. The topological polar surface area (TPSA) is 84.5 Å². The molecule has 0 bridgehead atoms. The molecule has 0 saturated carbocycles. The standard InChI is InChI=1S/C21H22N2O4S/c1-14(17-9-8-16-6-4-5-7-18(16)12-17)23-28(25,26)21-13-19(22-15(2)24)10-11-20(21)27-3/h4-14,23H,1-3H3,(H,22,24)/t14-/m0/s1. The van der Waals surface area contributed by atoms with Gasteiger partial charge in [0.2, 0.25) is 15.9 Å². The van der Waals surface area contributed by atoms with Crippen LogP contribution < -0.4 is 14.8 Å². The predicted molar refractivity (Wildman–Crippen MR) is 110 cm³/mol. The van der Waals surface area contributed by atoms with Crippen molar-refractivity contribution in [2.24, 2.45) is 0 Å². The number of rotatable bonds is 6. The normalized spacial score (nSPS) is 12.5. The molecule has 3 aromatic carbocycles. The molecule has 3 rings (SSSR count). The highest BCUT2D eigenvalue weighted by atomic mass is 32.2. The van der Waals surface area contributed by atoms with Crippen LogP contribution in [0.3, 0.4) is 0 Å². The largest absolute Gasteiger partial charge is 0.495 e. The number of carbonyl (C=O) groups excluding carboxylic acids is 1. The molecular formula is C21H22N2O4S. The molecule has 0 unspecified atom stereocenters. The van der Waals surface area contributed by atoms with Gasteiger partial charge >= 0.3 is 0 Å². The van der Waals surface area contributed by atoms with Crippen LogP contribution in [0.1, 0.15) is 25.5 Å². The first-order chi connectivity index (χ1) is 13.3. The highest BCUT2D eigenvalue weighted by Crippen LogP contribution is 2.29. The van der Waals surface area contributed by atoms with E-state index in [1.165, 1.54) is 26.2 Å². The van der Waals surface area contributed by atoms with E-state index < -0.39 is 16.1 Å². The summed E-state index contributed by atoms with van der Waals surface area (Å²) in [7, 11) is -2.49. The third kappa shape index (κ3) is 4.32. The van der Waals surface area contributed by atoms with E-state index in [0.29, 0.717) is 5.69 Å². The maximum Gasteiger partial charge on any atom is 0.244 e. The molecule has 6 nitrogen and oxygen atoms in total. The number of nitrogens with one attached hydrogen (secondary N) is 2. The Hall–Kier alpha value is -2.90. The summed E-state index contributed by atoms with van der Waals surface area (Å²) in [5, 5.41) is 4.71. The Morgan fingerprint density at radius 2 is 1.71 bits per heavy atom. The van der Waals surface area contributed by atoms with Crippen LogP contribution in [0, 0.1) is 0 Å². The van der Waals surface area contributed by atoms with Crippen LogP contribution >= 0.6 is 0 Å². The highest BCUT2D eigenvalue weighted by molar-refractivity contribution is 7.89. The maximum atomic E-state index is 13.0. The molecule has 0 aromatic heterocycles. The molecular weight excluding hydrogens is 376 g/mol. The lowest BCUT2D eigenvalue weighted by atomic mass is 10.0. The molecule has 0 saturated heterocycles. The van der Waals surface area contributed by atoms with Crippen LogP contribution in [0.2, 0.25) is 0 Å². The fourth-order valence-electron chi connectivity index (χ4n) is 3.01. The summed E-state index contributed by atoms with van der Waals surface area (Å²) in [6.45, 7) is 3.14. The molecule has 0 aliphatic carbocycles. The SMILES string of the molecule is COc1ccc(NC(C)=O)cc1S(=O)(=O)N[C@@H](C)c1ccc2ccccc2c1. The van der Waals surface area contributed by atoms with Gasteiger partial charge < -0.3 is 10.1 Å². The first-order valence-electron chi connectivity index (χ1n) is 8.77. The summed E-state index contributed by atoms with van der Waals surface area (Å²) >= 11 is 0. The van der Waals surface area contributed by atoms with Crippen molar-refractivity contribution in [3.05, 3.63) is 66.2 Å². The van der Waals surface area contributed by atoms with Crippen molar-refractivity contribution >= 4 is 32.4 Å². The molecule has 1 atom stereocenters. The van der Waals surface area contributed by atoms with Gasteiger partial charge in [0.05, 0.1) is 7.11 Å². The Balaban J connectivity index is 1.92. The predicted octanol–water partition coefficient (Wildman–Crippen LogP) is 3.85. The van der Waals surface area contributed by atoms with Crippen LogP contribution in [-0.2, 0) is 14.8 Å². The quantitative estimate of drug-likeness (QED) is 0.661. The van der Waals surface area contributed by atoms with E-state index in [-0.39, 0.29) is 16.6 Å². The van der Waals surface area contributed by atoms with Gasteiger partial charge in [-0.3, -0.25) is 4.79 Å². The number of ether oxygens (including phenoxy) is 1. The third-order valence-electron chi connectivity index (χ3n) is 4.38. The summed E-state index contributed by atoms with van der Waals surface area (Å²) in [6, 6.07) is 17.8. The van der Waals surface area contributed by atoms with E-state index in [1.807, 2.05) is 42.5 Å². The molecule has 0 radical (unpaired) electrons. The number of carbonyl (C=O) groups is 1. The lowest BCUT2D eigenvalue weighted by molar-refractivity contribution is -0.114. The molecule has 0 aliphatic rings. The van der Waals surface area contributed by atoms with E-state index >= 15 is 0 Å². The van der Waals surface area contributed by atoms with Crippen molar-refractivity contribution < 1.29 is 17.9 Å². The lowest BCUT2D eigenvalue weighted by Crippen LogP contribution is -2.27. The van der Waals surface area contributed by atoms with Gasteiger partial charge in [-0.05, 0) is 47.5 Å². The summed E-state index contributed by atoms with van der Waals surface area (Å²) < 4.78 is 33.9. The van der Waals surface area contributed by atoms with Crippen LogP contribution in [0.25, 0.3) is 10.8 Å². The average molecular weight is 398 g/mol. The molecule has 28 heavy (non-hydrogen) atoms. The van der Waals surface area contributed by atoms with Gasteiger partial charge in [0.15, 0.2) is 0 Å². The summed E-state index contributed by atoms with van der Waals surface area (Å²) in [4.78, 5) is 11.3. The zero-order chi connectivity index (χ0) is 20.3. The third-order valence-corrected chi connectivity index (χ3v) is 5.94. The Morgan fingerprint density at radius 3 is 2.39 bits per heavy atom. The number of sulfonamides is 1. The smallest absolute Gasteiger partial charge is 0.244 e. The zero-order valence-corrected chi connectivity index (χ0v) is 16.7. The van der Waals surface area contributed by atoms with Gasteiger partial charge in [-0.1, -0.05) is 36.4 Å². The summed E-state index contributed by atoms with van der Waals surface area (Å²) in [5.41, 5.74) is 1.23. The van der Waals surface area contributed by atoms with Crippen LogP contribution in [0.4, 0.5) is 5.69 Å². The number of anilines is 1. The van der Waals surface area contributed by atoms with E-state index in [0.717, 1.165) is 16.3 Å². The minimum absolute atomic E-state index is 0.0334.